The number of hydrogen-bond donors (Lipinski definition) is 2. The molecule has 3 atom stereocenters. The molecule has 11 nitrogen and oxygen atoms in total. The number of imidazole rings is 2. The van der Waals surface area contributed by atoms with Crippen LogP contribution in [0.25, 0.3) is 22.2 Å². The van der Waals surface area contributed by atoms with E-state index in [1.165, 1.54) is 24.7 Å². The molecular formula is C33H46N8O3. The molecule has 1 aromatic carbocycles. The Bertz CT molecular complexity index is 1670. The van der Waals surface area contributed by atoms with Crippen molar-refractivity contribution in [2.75, 3.05) is 18.9 Å². The zero-order valence-corrected chi connectivity index (χ0v) is 27.0. The minimum atomic E-state index is -0.880. The summed E-state index contributed by atoms with van der Waals surface area (Å²) in [5.74, 6) is 1.34. The smallest absolute Gasteiger partial charge is 0.203 e. The largest absolute Gasteiger partial charge is 0.382 e. The number of aryl methyl sites for hydroxylation is 1. The quantitative estimate of drug-likeness (QED) is 0.289. The van der Waals surface area contributed by atoms with Crippen LogP contribution in [0.4, 0.5) is 5.82 Å². The Kier molecular flexibility index (Phi) is 7.04. The third-order valence-corrected chi connectivity index (χ3v) is 9.81. The summed E-state index contributed by atoms with van der Waals surface area (Å²) < 4.78 is 21.6. The van der Waals surface area contributed by atoms with Gasteiger partial charge in [0.1, 0.15) is 29.9 Å². The summed E-state index contributed by atoms with van der Waals surface area (Å²) in [4.78, 5) is 24.2. The van der Waals surface area contributed by atoms with Gasteiger partial charge in [0.05, 0.1) is 24.0 Å². The van der Waals surface area contributed by atoms with Crippen LogP contribution in [0, 0.1) is 5.92 Å². The molecule has 3 N–H and O–H groups in total. The van der Waals surface area contributed by atoms with Gasteiger partial charge in [-0.25, -0.2) is 19.9 Å². The number of nitrogens with zero attached hydrogens (tertiary/aromatic N) is 6. The lowest BCUT2D eigenvalue weighted by atomic mass is 9.76. The fourth-order valence-electron chi connectivity index (χ4n) is 7.42. The molecule has 3 aliphatic rings. The first kappa shape index (κ1) is 29.6. The molecule has 0 unspecified atom stereocenters. The number of nitrogen functional groups attached to an aromatic ring is 1. The van der Waals surface area contributed by atoms with Crippen LogP contribution < -0.4 is 5.73 Å². The van der Waals surface area contributed by atoms with E-state index in [4.69, 9.17) is 24.9 Å². The maximum absolute atomic E-state index is 6.61. The van der Waals surface area contributed by atoms with Crippen LogP contribution in [0.3, 0.4) is 0 Å². The number of rotatable bonds is 8. The Labute approximate surface area is 258 Å². The summed E-state index contributed by atoms with van der Waals surface area (Å²) in [7, 11) is 0. The first-order valence-electron chi connectivity index (χ1n) is 16.0. The second kappa shape index (κ2) is 10.5. The maximum atomic E-state index is 6.61. The number of nitrogens with one attached hydrogen (secondary N) is 1. The van der Waals surface area contributed by atoms with Gasteiger partial charge >= 0.3 is 0 Å². The predicted molar refractivity (Wildman–Crippen MR) is 169 cm³/mol. The lowest BCUT2D eigenvalue weighted by molar-refractivity contribution is -0.206. The van der Waals surface area contributed by atoms with Crippen molar-refractivity contribution >= 4 is 28.0 Å². The summed E-state index contributed by atoms with van der Waals surface area (Å²) in [6.45, 7) is 16.3. The average molecular weight is 603 g/mol. The van der Waals surface area contributed by atoms with Gasteiger partial charge in [-0.1, -0.05) is 26.8 Å². The summed E-state index contributed by atoms with van der Waals surface area (Å²) in [6, 6.07) is 7.50. The van der Waals surface area contributed by atoms with E-state index >= 15 is 0 Å². The number of anilines is 1. The van der Waals surface area contributed by atoms with Gasteiger partial charge in [-0.15, -0.1) is 0 Å². The van der Waals surface area contributed by atoms with Crippen LogP contribution in [0.1, 0.15) is 79.1 Å². The van der Waals surface area contributed by atoms with Crippen molar-refractivity contribution in [1.29, 1.82) is 0 Å². The Balaban J connectivity index is 1.01. The first-order valence-corrected chi connectivity index (χ1v) is 16.0. The van der Waals surface area contributed by atoms with Gasteiger partial charge in [-0.05, 0) is 76.0 Å². The Morgan fingerprint density at radius 2 is 1.95 bits per heavy atom. The Morgan fingerprint density at radius 1 is 1.16 bits per heavy atom. The van der Waals surface area contributed by atoms with Crippen molar-refractivity contribution < 1.29 is 14.2 Å². The standard InChI is InChI=1S/C33H46N8O3/c1-19(2)40(22-12-20(13-22)8-11-26-38-23-10-9-21(31(3,4)5)14-24(23)39-26)15-25-28-33(16-42-25,44-32(6,7)43-28)41-18-37-27-29(34)35-17-36-30(27)41/h9-10,14,17-20,22,25,28H,8,11-13,15-16H2,1-7H3,(H,38,39)(H2,34,35,36)/t20?,22?,25-,28-,33+/m1/s1. The van der Waals surface area contributed by atoms with Gasteiger partial charge in [-0.2, -0.15) is 0 Å². The molecule has 11 heteroatoms. The SMILES string of the molecule is CC(C)N(C[C@H]1OC[C@]2(n3cnc4c(N)ncnc43)OC(C)(C)O[C@H]12)C1CC(CCc2nc3ccc(C(C)(C)C)cc3[nH]2)C1. The summed E-state index contributed by atoms with van der Waals surface area (Å²) >= 11 is 0. The van der Waals surface area contributed by atoms with E-state index in [1.807, 2.05) is 18.4 Å². The fraction of sp³-hybridized carbons (Fsp3) is 0.636. The fourth-order valence-corrected chi connectivity index (χ4v) is 7.42. The molecule has 236 valence electrons. The van der Waals surface area contributed by atoms with Crippen LogP contribution in [-0.4, -0.2) is 77.6 Å². The molecule has 3 aromatic heterocycles. The van der Waals surface area contributed by atoms with Gasteiger partial charge in [0, 0.05) is 25.0 Å². The summed E-state index contributed by atoms with van der Waals surface area (Å²) in [6.07, 6.45) is 7.17. The van der Waals surface area contributed by atoms with Crippen molar-refractivity contribution in [1.82, 2.24) is 34.4 Å². The zero-order valence-electron chi connectivity index (χ0n) is 27.0. The molecule has 4 aromatic rings. The number of H-pyrrole nitrogens is 1. The normalized spacial score (nSPS) is 28.4. The van der Waals surface area contributed by atoms with E-state index in [9.17, 15) is 0 Å². The van der Waals surface area contributed by atoms with Gasteiger partial charge in [0.25, 0.3) is 0 Å². The lowest BCUT2D eigenvalue weighted by Gasteiger charge is -2.46. The molecule has 0 bridgehead atoms. The molecule has 1 aliphatic carbocycles. The molecule has 3 fully saturated rings. The second-order valence-electron chi connectivity index (χ2n) is 14.8. The highest BCUT2D eigenvalue weighted by molar-refractivity contribution is 5.81. The molecule has 1 saturated carbocycles. The van der Waals surface area contributed by atoms with E-state index in [0.29, 0.717) is 41.6 Å². The number of aromatic nitrogens is 6. The van der Waals surface area contributed by atoms with E-state index in [1.54, 1.807) is 6.33 Å². The van der Waals surface area contributed by atoms with E-state index in [0.717, 1.165) is 36.2 Å². The number of nitrogens with two attached hydrogens (primary N) is 1. The van der Waals surface area contributed by atoms with Gasteiger partial charge in [0.2, 0.25) is 5.72 Å². The third kappa shape index (κ3) is 5.07. The number of fused-ring (bicyclic) bond motifs is 3. The highest BCUT2D eigenvalue weighted by Crippen LogP contribution is 2.48. The number of hydrogen-bond acceptors (Lipinski definition) is 9. The number of ether oxygens (including phenoxy) is 3. The van der Waals surface area contributed by atoms with Crippen molar-refractivity contribution in [2.24, 2.45) is 5.92 Å². The van der Waals surface area contributed by atoms with Gasteiger partial charge < -0.3 is 24.9 Å². The van der Waals surface area contributed by atoms with Crippen molar-refractivity contribution in [3.8, 4) is 0 Å². The monoisotopic (exact) mass is 602 g/mol. The molecule has 44 heavy (non-hydrogen) atoms. The van der Waals surface area contributed by atoms with Crippen molar-refractivity contribution in [3.05, 3.63) is 42.2 Å². The maximum Gasteiger partial charge on any atom is 0.203 e. The molecular weight excluding hydrogens is 556 g/mol. The topological polar surface area (TPSA) is 129 Å². The summed E-state index contributed by atoms with van der Waals surface area (Å²) in [5.41, 5.74) is 10.0. The Hall–Kier alpha value is -3.12. The average Bonchev–Trinajstić information content (AvgIpc) is 3.67. The minimum Gasteiger partial charge on any atom is -0.382 e. The molecule has 0 radical (unpaired) electrons. The lowest BCUT2D eigenvalue weighted by Crippen LogP contribution is -2.53. The van der Waals surface area contributed by atoms with E-state index in [2.05, 4.69) is 77.7 Å². The van der Waals surface area contributed by atoms with Crippen LogP contribution >= 0.6 is 0 Å². The molecule has 2 saturated heterocycles. The van der Waals surface area contributed by atoms with Gasteiger partial charge in [-0.3, -0.25) is 9.47 Å². The Morgan fingerprint density at radius 3 is 2.70 bits per heavy atom. The van der Waals surface area contributed by atoms with Crippen molar-refractivity contribution in [2.45, 2.75) is 115 Å². The molecule has 2 aliphatic heterocycles. The molecule has 0 spiro atoms. The summed E-state index contributed by atoms with van der Waals surface area (Å²) in [5, 5.41) is 0. The molecule has 0 amide bonds. The molecule has 5 heterocycles. The van der Waals surface area contributed by atoms with E-state index in [-0.39, 0.29) is 17.6 Å². The van der Waals surface area contributed by atoms with Gasteiger partial charge in [0.15, 0.2) is 17.3 Å². The van der Waals surface area contributed by atoms with Crippen LogP contribution in [0.2, 0.25) is 0 Å². The number of benzene rings is 1. The second-order valence-corrected chi connectivity index (χ2v) is 14.8. The first-order chi connectivity index (χ1) is 20.8. The highest BCUT2D eigenvalue weighted by atomic mass is 16.8. The van der Waals surface area contributed by atoms with E-state index < -0.39 is 11.5 Å². The predicted octanol–water partition coefficient (Wildman–Crippen LogP) is 4.91. The molecule has 7 rings (SSSR count). The van der Waals surface area contributed by atoms with Crippen LogP contribution in [-0.2, 0) is 31.8 Å². The highest BCUT2D eigenvalue weighted by Gasteiger charge is 2.63. The minimum absolute atomic E-state index is 0.123. The third-order valence-electron chi connectivity index (χ3n) is 9.81. The van der Waals surface area contributed by atoms with Crippen LogP contribution in [0.5, 0.6) is 0 Å². The zero-order chi connectivity index (χ0) is 31.0. The van der Waals surface area contributed by atoms with Crippen molar-refractivity contribution in [3.63, 3.8) is 0 Å². The van der Waals surface area contributed by atoms with Crippen LogP contribution in [0.15, 0.2) is 30.9 Å². The number of aromatic amines is 1.